The number of ether oxygens (including phenoxy) is 2. The zero-order valence-corrected chi connectivity index (χ0v) is 15.5. The lowest BCUT2D eigenvalue weighted by atomic mass is 10.1. The maximum Gasteiger partial charge on any atom is 0.292 e. The number of thiazole rings is 1. The Morgan fingerprint density at radius 2 is 2.11 bits per heavy atom. The standard InChI is InChI=1S/C19H14N4O4S/c1-11-7-17(21-18(24)15-3-2-6-25-15)23(22-11)19-20-13(9-28-19)12-4-5-14-16(8-12)27-10-26-14/h2-9H,10H2,1H3,(H,21,24). The molecule has 4 aromatic rings. The molecule has 1 amide bonds. The molecule has 0 saturated heterocycles. The zero-order valence-electron chi connectivity index (χ0n) is 14.7. The van der Waals surface area contributed by atoms with E-state index in [-0.39, 0.29) is 18.5 Å². The summed E-state index contributed by atoms with van der Waals surface area (Å²) < 4.78 is 17.5. The first-order chi connectivity index (χ1) is 13.7. The van der Waals surface area contributed by atoms with Gasteiger partial charge in [-0.3, -0.25) is 4.79 Å². The van der Waals surface area contributed by atoms with E-state index in [4.69, 9.17) is 13.9 Å². The number of aryl methyl sites for hydroxylation is 1. The van der Waals surface area contributed by atoms with Crippen LogP contribution in [0.4, 0.5) is 5.82 Å². The van der Waals surface area contributed by atoms with Crippen LogP contribution in [0.1, 0.15) is 16.2 Å². The predicted octanol–water partition coefficient (Wildman–Crippen LogP) is 3.88. The number of furan rings is 1. The number of fused-ring (bicyclic) bond motifs is 1. The third kappa shape index (κ3) is 2.91. The molecule has 0 fully saturated rings. The van der Waals surface area contributed by atoms with Gasteiger partial charge in [0, 0.05) is 17.0 Å². The Hall–Kier alpha value is -3.59. The molecule has 1 aliphatic heterocycles. The number of rotatable bonds is 4. The fraction of sp³-hybridized carbons (Fsp3) is 0.105. The van der Waals surface area contributed by atoms with E-state index in [0.29, 0.717) is 16.7 Å². The van der Waals surface area contributed by atoms with Crippen LogP contribution in [0, 0.1) is 6.92 Å². The lowest BCUT2D eigenvalue weighted by molar-refractivity contribution is 0.0996. The van der Waals surface area contributed by atoms with E-state index in [1.165, 1.54) is 17.6 Å². The van der Waals surface area contributed by atoms with Crippen LogP contribution in [0.25, 0.3) is 16.4 Å². The number of hydrogen-bond acceptors (Lipinski definition) is 7. The summed E-state index contributed by atoms with van der Waals surface area (Å²) in [6.07, 6.45) is 1.45. The molecule has 0 saturated carbocycles. The molecular weight excluding hydrogens is 380 g/mol. The van der Waals surface area contributed by atoms with Gasteiger partial charge in [0.1, 0.15) is 5.82 Å². The second-order valence-electron chi connectivity index (χ2n) is 6.10. The Bertz CT molecular complexity index is 1160. The SMILES string of the molecule is Cc1cc(NC(=O)c2ccco2)n(-c2nc(-c3ccc4c(c3)OCO4)cs2)n1. The summed E-state index contributed by atoms with van der Waals surface area (Å²) in [4.78, 5) is 17.0. The monoisotopic (exact) mass is 394 g/mol. The van der Waals surface area contributed by atoms with Gasteiger partial charge in [-0.1, -0.05) is 0 Å². The van der Waals surface area contributed by atoms with Crippen molar-refractivity contribution in [2.24, 2.45) is 0 Å². The van der Waals surface area contributed by atoms with E-state index >= 15 is 0 Å². The van der Waals surface area contributed by atoms with E-state index in [2.05, 4.69) is 15.4 Å². The summed E-state index contributed by atoms with van der Waals surface area (Å²) in [5, 5.41) is 9.84. The van der Waals surface area contributed by atoms with Crippen LogP contribution < -0.4 is 14.8 Å². The highest BCUT2D eigenvalue weighted by Crippen LogP contribution is 2.36. The minimum atomic E-state index is -0.348. The quantitative estimate of drug-likeness (QED) is 0.565. The summed E-state index contributed by atoms with van der Waals surface area (Å²) in [5.74, 6) is 1.83. The predicted molar refractivity (Wildman–Crippen MR) is 102 cm³/mol. The Balaban J connectivity index is 1.45. The highest BCUT2D eigenvalue weighted by Gasteiger charge is 2.18. The molecule has 0 atom stereocenters. The molecule has 0 spiro atoms. The minimum absolute atomic E-state index is 0.227. The molecule has 1 N–H and O–H groups in total. The van der Waals surface area contributed by atoms with Gasteiger partial charge < -0.3 is 19.2 Å². The third-order valence-corrected chi connectivity index (χ3v) is 4.98. The Morgan fingerprint density at radius 1 is 1.21 bits per heavy atom. The largest absolute Gasteiger partial charge is 0.459 e. The Morgan fingerprint density at radius 3 is 2.96 bits per heavy atom. The number of nitrogens with zero attached hydrogens (tertiary/aromatic N) is 3. The number of hydrogen-bond donors (Lipinski definition) is 1. The molecular formula is C19H14N4O4S. The molecule has 0 aliphatic carbocycles. The van der Waals surface area contributed by atoms with E-state index in [1.54, 1.807) is 22.9 Å². The molecule has 8 nitrogen and oxygen atoms in total. The van der Waals surface area contributed by atoms with Crippen LogP contribution in [0.3, 0.4) is 0 Å². The van der Waals surface area contributed by atoms with Gasteiger partial charge in [0.25, 0.3) is 5.91 Å². The normalized spacial score (nSPS) is 12.3. The van der Waals surface area contributed by atoms with Gasteiger partial charge in [0.15, 0.2) is 17.3 Å². The molecule has 28 heavy (non-hydrogen) atoms. The fourth-order valence-corrected chi connectivity index (χ4v) is 3.67. The number of carbonyl (C=O) groups is 1. The molecule has 0 radical (unpaired) electrons. The van der Waals surface area contributed by atoms with Crippen molar-refractivity contribution in [3.05, 3.63) is 59.5 Å². The highest BCUT2D eigenvalue weighted by atomic mass is 32.1. The second kappa shape index (κ2) is 6.54. The van der Waals surface area contributed by atoms with Gasteiger partial charge in [-0.05, 0) is 37.3 Å². The van der Waals surface area contributed by atoms with Crippen LogP contribution >= 0.6 is 11.3 Å². The first kappa shape index (κ1) is 16.6. The molecule has 9 heteroatoms. The van der Waals surface area contributed by atoms with Crippen LogP contribution in [0.5, 0.6) is 11.5 Å². The first-order valence-corrected chi connectivity index (χ1v) is 9.33. The number of aromatic nitrogens is 3. The summed E-state index contributed by atoms with van der Waals surface area (Å²) >= 11 is 1.43. The number of benzene rings is 1. The molecule has 5 rings (SSSR count). The van der Waals surface area contributed by atoms with Crippen molar-refractivity contribution in [3.8, 4) is 27.9 Å². The smallest absolute Gasteiger partial charge is 0.292 e. The van der Waals surface area contributed by atoms with Crippen LogP contribution in [-0.4, -0.2) is 27.5 Å². The molecule has 4 heterocycles. The number of anilines is 1. The van der Waals surface area contributed by atoms with Crippen molar-refractivity contribution >= 4 is 23.1 Å². The van der Waals surface area contributed by atoms with Gasteiger partial charge in [-0.2, -0.15) is 9.78 Å². The number of carbonyl (C=O) groups excluding carboxylic acids is 1. The summed E-state index contributed by atoms with van der Waals surface area (Å²) in [5.41, 5.74) is 2.46. The third-order valence-electron chi connectivity index (χ3n) is 4.16. The Kier molecular flexibility index (Phi) is 3.87. The molecule has 1 aromatic carbocycles. The first-order valence-electron chi connectivity index (χ1n) is 8.45. The van der Waals surface area contributed by atoms with E-state index < -0.39 is 0 Å². The average Bonchev–Trinajstić information content (AvgIpc) is 3.47. The van der Waals surface area contributed by atoms with Crippen molar-refractivity contribution in [2.45, 2.75) is 6.92 Å². The van der Waals surface area contributed by atoms with Crippen molar-refractivity contribution < 1.29 is 18.7 Å². The summed E-state index contributed by atoms with van der Waals surface area (Å²) in [6, 6.07) is 10.7. The number of nitrogens with one attached hydrogen (secondary N) is 1. The van der Waals surface area contributed by atoms with Crippen molar-refractivity contribution in [2.75, 3.05) is 12.1 Å². The van der Waals surface area contributed by atoms with Gasteiger partial charge in [0.2, 0.25) is 11.9 Å². The lowest BCUT2D eigenvalue weighted by Gasteiger charge is -2.05. The second-order valence-corrected chi connectivity index (χ2v) is 6.93. The minimum Gasteiger partial charge on any atom is -0.459 e. The van der Waals surface area contributed by atoms with E-state index in [0.717, 1.165) is 22.7 Å². The van der Waals surface area contributed by atoms with Crippen LogP contribution in [0.2, 0.25) is 0 Å². The maximum atomic E-state index is 12.3. The summed E-state index contributed by atoms with van der Waals surface area (Å²) in [6.45, 7) is 2.08. The average molecular weight is 394 g/mol. The van der Waals surface area contributed by atoms with Crippen molar-refractivity contribution in [3.63, 3.8) is 0 Å². The highest BCUT2D eigenvalue weighted by molar-refractivity contribution is 7.12. The fourth-order valence-electron chi connectivity index (χ4n) is 2.87. The Labute approximate surface area is 163 Å². The number of amides is 1. The molecule has 0 bridgehead atoms. The van der Waals surface area contributed by atoms with E-state index in [1.807, 2.05) is 30.5 Å². The molecule has 3 aromatic heterocycles. The van der Waals surface area contributed by atoms with Gasteiger partial charge in [-0.15, -0.1) is 11.3 Å². The summed E-state index contributed by atoms with van der Waals surface area (Å²) in [7, 11) is 0. The zero-order chi connectivity index (χ0) is 19.1. The molecule has 0 unspecified atom stereocenters. The van der Waals surface area contributed by atoms with Gasteiger partial charge in [0.05, 0.1) is 17.7 Å². The van der Waals surface area contributed by atoms with Crippen molar-refractivity contribution in [1.82, 2.24) is 14.8 Å². The topological polar surface area (TPSA) is 91.4 Å². The maximum absolute atomic E-state index is 12.3. The van der Waals surface area contributed by atoms with Crippen molar-refractivity contribution in [1.29, 1.82) is 0 Å². The van der Waals surface area contributed by atoms with Gasteiger partial charge in [-0.25, -0.2) is 4.98 Å². The molecule has 1 aliphatic rings. The molecule has 140 valence electrons. The van der Waals surface area contributed by atoms with E-state index in [9.17, 15) is 4.79 Å². The van der Waals surface area contributed by atoms with Crippen LogP contribution in [0.15, 0.2) is 52.5 Å². The van der Waals surface area contributed by atoms with Gasteiger partial charge >= 0.3 is 0 Å². The van der Waals surface area contributed by atoms with Crippen LogP contribution in [-0.2, 0) is 0 Å². The lowest BCUT2D eigenvalue weighted by Crippen LogP contribution is -2.14.